The van der Waals surface area contributed by atoms with E-state index in [1.807, 2.05) is 24.3 Å². The molecule has 0 bridgehead atoms. The zero-order valence-corrected chi connectivity index (χ0v) is 11.5. The Morgan fingerprint density at radius 2 is 2.05 bits per heavy atom. The molecule has 7 heteroatoms. The fraction of sp³-hybridized carbons (Fsp3) is 0.308. The highest BCUT2D eigenvalue weighted by Gasteiger charge is 2.15. The van der Waals surface area contributed by atoms with Crippen LogP contribution >= 0.6 is 0 Å². The molecule has 0 amide bonds. The summed E-state index contributed by atoms with van der Waals surface area (Å²) in [6.07, 6.45) is 0. The van der Waals surface area contributed by atoms with Gasteiger partial charge in [0.25, 0.3) is 0 Å². The Bertz CT molecular complexity index is 609. The first-order valence-electron chi connectivity index (χ1n) is 5.89. The number of carbonyl (C=O) groups is 1. The molecule has 0 saturated heterocycles. The SMILES string of the molecule is COC(=O)COc1nc(-c2ccccc2OC)n(C)n1. The van der Waals surface area contributed by atoms with Crippen LogP contribution in [-0.4, -0.2) is 41.6 Å². The summed E-state index contributed by atoms with van der Waals surface area (Å²) in [5.74, 6) is 0.779. The average molecular weight is 277 g/mol. The Kier molecular flexibility index (Phi) is 4.19. The predicted molar refractivity (Wildman–Crippen MR) is 70.5 cm³/mol. The molecule has 20 heavy (non-hydrogen) atoms. The van der Waals surface area contributed by atoms with Gasteiger partial charge in [-0.05, 0) is 12.1 Å². The number of rotatable bonds is 5. The number of carbonyl (C=O) groups excluding carboxylic acids is 1. The van der Waals surface area contributed by atoms with Crippen molar-refractivity contribution in [2.45, 2.75) is 0 Å². The Balaban J connectivity index is 2.25. The highest BCUT2D eigenvalue weighted by atomic mass is 16.6. The quantitative estimate of drug-likeness (QED) is 0.760. The lowest BCUT2D eigenvalue weighted by molar-refractivity contribution is -0.143. The molecule has 2 rings (SSSR count). The second-order valence-corrected chi connectivity index (χ2v) is 3.91. The molecule has 0 atom stereocenters. The molecule has 0 spiro atoms. The number of hydrogen-bond acceptors (Lipinski definition) is 6. The number of benzene rings is 1. The molecule has 0 fully saturated rings. The van der Waals surface area contributed by atoms with Gasteiger partial charge in [-0.1, -0.05) is 12.1 Å². The van der Waals surface area contributed by atoms with Crippen LogP contribution in [0, 0.1) is 0 Å². The van der Waals surface area contributed by atoms with E-state index in [9.17, 15) is 4.79 Å². The number of aromatic nitrogens is 3. The van der Waals surface area contributed by atoms with E-state index in [0.29, 0.717) is 11.6 Å². The summed E-state index contributed by atoms with van der Waals surface area (Å²) in [6, 6.07) is 7.56. The first-order valence-corrected chi connectivity index (χ1v) is 5.89. The van der Waals surface area contributed by atoms with Crippen LogP contribution in [0.4, 0.5) is 0 Å². The number of ether oxygens (including phenoxy) is 3. The van der Waals surface area contributed by atoms with Gasteiger partial charge in [0.05, 0.1) is 19.8 Å². The molecule has 1 aromatic heterocycles. The second kappa shape index (κ2) is 6.05. The van der Waals surface area contributed by atoms with Gasteiger partial charge in [0, 0.05) is 7.05 Å². The van der Waals surface area contributed by atoms with Gasteiger partial charge in [-0.25, -0.2) is 9.48 Å². The number of hydrogen-bond donors (Lipinski definition) is 0. The van der Waals surface area contributed by atoms with Gasteiger partial charge < -0.3 is 14.2 Å². The molecule has 0 aliphatic rings. The minimum atomic E-state index is -0.490. The van der Waals surface area contributed by atoms with Crippen molar-refractivity contribution in [1.82, 2.24) is 14.8 Å². The van der Waals surface area contributed by atoms with Gasteiger partial charge in [0.2, 0.25) is 0 Å². The van der Waals surface area contributed by atoms with Crippen LogP contribution in [0.5, 0.6) is 11.8 Å². The van der Waals surface area contributed by atoms with E-state index in [-0.39, 0.29) is 12.6 Å². The lowest BCUT2D eigenvalue weighted by Gasteiger charge is -2.06. The van der Waals surface area contributed by atoms with Crippen LogP contribution < -0.4 is 9.47 Å². The zero-order valence-electron chi connectivity index (χ0n) is 11.5. The molecule has 0 saturated carbocycles. The number of aryl methyl sites for hydroxylation is 1. The average Bonchev–Trinajstić information content (AvgIpc) is 2.85. The normalized spacial score (nSPS) is 10.2. The number of nitrogens with zero attached hydrogens (tertiary/aromatic N) is 3. The summed E-state index contributed by atoms with van der Waals surface area (Å²) < 4.78 is 16.5. The molecule has 106 valence electrons. The lowest BCUT2D eigenvalue weighted by atomic mass is 10.2. The third-order valence-electron chi connectivity index (χ3n) is 2.64. The van der Waals surface area contributed by atoms with Crippen LogP contribution in [0.15, 0.2) is 24.3 Å². The molecule has 7 nitrogen and oxygen atoms in total. The number of para-hydroxylation sites is 1. The molecule has 0 aliphatic heterocycles. The van der Waals surface area contributed by atoms with Crippen molar-refractivity contribution in [3.8, 4) is 23.1 Å². The van der Waals surface area contributed by atoms with Crippen LogP contribution in [0.25, 0.3) is 11.4 Å². The maximum atomic E-state index is 11.0. The van der Waals surface area contributed by atoms with Crippen molar-refractivity contribution in [2.75, 3.05) is 20.8 Å². The van der Waals surface area contributed by atoms with E-state index in [1.165, 1.54) is 7.11 Å². The summed E-state index contributed by atoms with van der Waals surface area (Å²) in [6.45, 7) is -0.230. The smallest absolute Gasteiger partial charge is 0.344 e. The fourth-order valence-corrected chi connectivity index (χ4v) is 1.67. The zero-order chi connectivity index (χ0) is 14.5. The van der Waals surface area contributed by atoms with Gasteiger partial charge >= 0.3 is 12.0 Å². The molecule has 1 aromatic carbocycles. The van der Waals surface area contributed by atoms with E-state index in [0.717, 1.165) is 5.56 Å². The summed E-state index contributed by atoms with van der Waals surface area (Å²) in [7, 11) is 4.61. The highest BCUT2D eigenvalue weighted by Crippen LogP contribution is 2.28. The highest BCUT2D eigenvalue weighted by molar-refractivity contribution is 5.70. The van der Waals surface area contributed by atoms with Gasteiger partial charge in [-0.2, -0.15) is 4.98 Å². The van der Waals surface area contributed by atoms with Gasteiger partial charge in [0.1, 0.15) is 5.75 Å². The number of esters is 1. The van der Waals surface area contributed by atoms with Crippen molar-refractivity contribution in [1.29, 1.82) is 0 Å². The molecule has 0 aliphatic carbocycles. The van der Waals surface area contributed by atoms with Gasteiger partial charge in [-0.15, -0.1) is 5.10 Å². The molecule has 0 unspecified atom stereocenters. The topological polar surface area (TPSA) is 75.5 Å². The van der Waals surface area contributed by atoms with Crippen LogP contribution in [0.3, 0.4) is 0 Å². The van der Waals surface area contributed by atoms with Gasteiger partial charge in [0.15, 0.2) is 12.4 Å². The van der Waals surface area contributed by atoms with Crippen molar-refractivity contribution in [3.05, 3.63) is 24.3 Å². The molecular weight excluding hydrogens is 262 g/mol. The lowest BCUT2D eigenvalue weighted by Crippen LogP contribution is -2.13. The Morgan fingerprint density at radius 1 is 1.30 bits per heavy atom. The predicted octanol–water partition coefficient (Wildman–Crippen LogP) is 1.04. The first-order chi connectivity index (χ1) is 9.65. The Labute approximate surface area is 116 Å². The second-order valence-electron chi connectivity index (χ2n) is 3.91. The van der Waals surface area contributed by atoms with Crippen molar-refractivity contribution in [3.63, 3.8) is 0 Å². The van der Waals surface area contributed by atoms with Crippen LogP contribution in [0.2, 0.25) is 0 Å². The van der Waals surface area contributed by atoms with Crippen LogP contribution in [0.1, 0.15) is 0 Å². The van der Waals surface area contributed by atoms with E-state index < -0.39 is 5.97 Å². The maximum Gasteiger partial charge on any atom is 0.344 e. The molecule has 1 heterocycles. The number of methoxy groups -OCH3 is 2. The Hall–Kier alpha value is -2.57. The first kappa shape index (κ1) is 13.9. The molecule has 0 radical (unpaired) electrons. The van der Waals surface area contributed by atoms with Crippen molar-refractivity contribution < 1.29 is 19.0 Å². The van der Waals surface area contributed by atoms with E-state index in [1.54, 1.807) is 18.8 Å². The maximum absolute atomic E-state index is 11.0. The fourth-order valence-electron chi connectivity index (χ4n) is 1.67. The molecule has 0 N–H and O–H groups in total. The summed E-state index contributed by atoms with van der Waals surface area (Å²) >= 11 is 0. The summed E-state index contributed by atoms with van der Waals surface area (Å²) in [5, 5.41) is 4.09. The largest absolute Gasteiger partial charge is 0.496 e. The monoisotopic (exact) mass is 277 g/mol. The van der Waals surface area contributed by atoms with Crippen LogP contribution in [-0.2, 0) is 16.6 Å². The van der Waals surface area contributed by atoms with Gasteiger partial charge in [-0.3, -0.25) is 0 Å². The van der Waals surface area contributed by atoms with Crippen molar-refractivity contribution in [2.24, 2.45) is 7.05 Å². The third kappa shape index (κ3) is 2.87. The summed E-state index contributed by atoms with van der Waals surface area (Å²) in [4.78, 5) is 15.3. The standard InChI is InChI=1S/C13H15N3O4/c1-16-12(9-6-4-5-7-10(9)18-2)14-13(15-16)20-8-11(17)19-3/h4-7H,8H2,1-3H3. The summed E-state index contributed by atoms with van der Waals surface area (Å²) in [5.41, 5.74) is 0.790. The molecular formula is C13H15N3O4. The minimum absolute atomic E-state index is 0.110. The van der Waals surface area contributed by atoms with Crippen molar-refractivity contribution >= 4 is 5.97 Å². The third-order valence-corrected chi connectivity index (χ3v) is 2.64. The molecule has 2 aromatic rings. The Morgan fingerprint density at radius 3 is 2.75 bits per heavy atom. The van der Waals surface area contributed by atoms with E-state index in [2.05, 4.69) is 14.8 Å². The minimum Gasteiger partial charge on any atom is -0.496 e. The van der Waals surface area contributed by atoms with E-state index in [4.69, 9.17) is 9.47 Å². The van der Waals surface area contributed by atoms with E-state index >= 15 is 0 Å².